The molecule has 0 unspecified atom stereocenters. The molecule has 0 saturated carbocycles. The largest absolute Gasteiger partial charge is 0.476 e. The molecule has 6 heteroatoms. The first-order valence-corrected chi connectivity index (χ1v) is 7.10. The minimum absolute atomic E-state index is 0.152. The van der Waals surface area contributed by atoms with E-state index in [0.717, 1.165) is 37.9 Å². The van der Waals surface area contributed by atoms with Gasteiger partial charge in [0.15, 0.2) is 10.8 Å². The third-order valence-electron chi connectivity index (χ3n) is 2.98. The summed E-state index contributed by atoms with van der Waals surface area (Å²) in [7, 11) is 0. The first-order valence-electron chi connectivity index (χ1n) is 6.22. The second kappa shape index (κ2) is 5.67. The minimum atomic E-state index is -0.948. The zero-order valence-corrected chi connectivity index (χ0v) is 11.6. The average Bonchev–Trinajstić information content (AvgIpc) is 2.78. The highest BCUT2D eigenvalue weighted by Crippen LogP contribution is 2.22. The molecular formula is C12H19N3O2S. The molecule has 1 aliphatic heterocycles. The first kappa shape index (κ1) is 13.3. The molecule has 2 rings (SSSR count). The molecule has 0 bridgehead atoms. The van der Waals surface area contributed by atoms with Gasteiger partial charge in [-0.25, -0.2) is 9.78 Å². The summed E-state index contributed by atoms with van der Waals surface area (Å²) in [6.07, 6.45) is 0. The van der Waals surface area contributed by atoms with Gasteiger partial charge in [0.25, 0.3) is 0 Å². The smallest absolute Gasteiger partial charge is 0.355 e. The van der Waals surface area contributed by atoms with Gasteiger partial charge in [-0.05, 0) is 5.92 Å². The van der Waals surface area contributed by atoms with Crippen molar-refractivity contribution in [2.24, 2.45) is 5.92 Å². The Balaban J connectivity index is 1.90. The van der Waals surface area contributed by atoms with Gasteiger partial charge in [-0.1, -0.05) is 13.8 Å². The second-order valence-corrected chi connectivity index (χ2v) is 5.84. The summed E-state index contributed by atoms with van der Waals surface area (Å²) in [6.45, 7) is 9.50. The van der Waals surface area contributed by atoms with Crippen LogP contribution in [0.5, 0.6) is 0 Å². The molecular weight excluding hydrogens is 250 g/mol. The number of aromatic nitrogens is 1. The van der Waals surface area contributed by atoms with Crippen molar-refractivity contribution in [3.63, 3.8) is 0 Å². The molecule has 1 N–H and O–H groups in total. The van der Waals surface area contributed by atoms with Gasteiger partial charge in [0.05, 0.1) is 0 Å². The van der Waals surface area contributed by atoms with E-state index in [-0.39, 0.29) is 5.69 Å². The highest BCUT2D eigenvalue weighted by molar-refractivity contribution is 7.13. The van der Waals surface area contributed by atoms with Gasteiger partial charge in [-0.15, -0.1) is 11.3 Å². The molecule has 0 amide bonds. The van der Waals surface area contributed by atoms with Crippen molar-refractivity contribution in [3.05, 3.63) is 11.1 Å². The third kappa shape index (κ3) is 3.20. The van der Waals surface area contributed by atoms with Gasteiger partial charge in [0.1, 0.15) is 0 Å². The Hall–Kier alpha value is -1.14. The number of carbonyl (C=O) groups is 1. The summed E-state index contributed by atoms with van der Waals surface area (Å²) in [5, 5.41) is 11.3. The fraction of sp³-hybridized carbons (Fsp3) is 0.667. The number of hydrogen-bond acceptors (Lipinski definition) is 5. The van der Waals surface area contributed by atoms with E-state index >= 15 is 0 Å². The standard InChI is InChI=1S/C12H19N3O2S/c1-9(2)7-14-3-5-15(6-4-14)12-13-10(8-18-12)11(16)17/h8-9H,3-7H2,1-2H3,(H,16,17). The topological polar surface area (TPSA) is 56.7 Å². The molecule has 0 aromatic carbocycles. The van der Waals surface area contributed by atoms with Crippen molar-refractivity contribution in [2.45, 2.75) is 13.8 Å². The van der Waals surface area contributed by atoms with Crippen molar-refractivity contribution in [2.75, 3.05) is 37.6 Å². The number of hydrogen-bond donors (Lipinski definition) is 1. The normalized spacial score (nSPS) is 17.4. The molecule has 1 saturated heterocycles. The van der Waals surface area contributed by atoms with Crippen LogP contribution in [0.1, 0.15) is 24.3 Å². The Bertz CT molecular complexity index is 411. The molecule has 0 atom stereocenters. The van der Waals surface area contributed by atoms with Gasteiger partial charge in [0, 0.05) is 38.1 Å². The molecule has 18 heavy (non-hydrogen) atoms. The number of nitrogens with zero attached hydrogens (tertiary/aromatic N) is 3. The fourth-order valence-electron chi connectivity index (χ4n) is 2.15. The lowest BCUT2D eigenvalue weighted by molar-refractivity contribution is 0.0691. The highest BCUT2D eigenvalue weighted by atomic mass is 32.1. The Morgan fingerprint density at radius 2 is 2.11 bits per heavy atom. The number of aromatic carboxylic acids is 1. The van der Waals surface area contributed by atoms with E-state index in [1.54, 1.807) is 5.38 Å². The summed E-state index contributed by atoms with van der Waals surface area (Å²) in [4.78, 5) is 19.6. The van der Waals surface area contributed by atoms with E-state index < -0.39 is 5.97 Å². The monoisotopic (exact) mass is 269 g/mol. The molecule has 1 aliphatic rings. The van der Waals surface area contributed by atoms with E-state index in [2.05, 4.69) is 28.6 Å². The van der Waals surface area contributed by atoms with Crippen LogP contribution in [0.3, 0.4) is 0 Å². The number of piperazine rings is 1. The summed E-state index contributed by atoms with van der Waals surface area (Å²) in [5.41, 5.74) is 0.152. The van der Waals surface area contributed by atoms with Crippen molar-refractivity contribution in [1.82, 2.24) is 9.88 Å². The molecule has 2 heterocycles. The zero-order valence-electron chi connectivity index (χ0n) is 10.8. The molecule has 100 valence electrons. The van der Waals surface area contributed by atoms with Crippen LogP contribution in [0.2, 0.25) is 0 Å². The van der Waals surface area contributed by atoms with Crippen LogP contribution in [0.15, 0.2) is 5.38 Å². The van der Waals surface area contributed by atoms with Crippen molar-refractivity contribution in [3.8, 4) is 0 Å². The average molecular weight is 269 g/mol. The Kier molecular flexibility index (Phi) is 4.19. The summed E-state index contributed by atoms with van der Waals surface area (Å²) >= 11 is 1.41. The molecule has 0 spiro atoms. The maximum absolute atomic E-state index is 10.8. The number of carboxylic acids is 1. The van der Waals surface area contributed by atoms with E-state index in [1.807, 2.05) is 0 Å². The molecule has 0 aliphatic carbocycles. The number of thiazole rings is 1. The molecule has 5 nitrogen and oxygen atoms in total. The van der Waals surface area contributed by atoms with Crippen LogP contribution in [0.25, 0.3) is 0 Å². The van der Waals surface area contributed by atoms with Gasteiger partial charge in [-0.2, -0.15) is 0 Å². The molecule has 1 fully saturated rings. The van der Waals surface area contributed by atoms with Crippen LogP contribution < -0.4 is 4.90 Å². The quantitative estimate of drug-likeness (QED) is 0.900. The molecule has 0 radical (unpaired) electrons. The van der Waals surface area contributed by atoms with E-state index in [1.165, 1.54) is 11.3 Å². The van der Waals surface area contributed by atoms with E-state index in [4.69, 9.17) is 5.11 Å². The lowest BCUT2D eigenvalue weighted by Crippen LogP contribution is -2.47. The Morgan fingerprint density at radius 3 is 2.61 bits per heavy atom. The summed E-state index contributed by atoms with van der Waals surface area (Å²) in [6, 6.07) is 0. The molecule has 1 aromatic rings. The van der Waals surface area contributed by atoms with Crippen molar-refractivity contribution >= 4 is 22.4 Å². The lowest BCUT2D eigenvalue weighted by atomic mass is 10.2. The number of rotatable bonds is 4. The predicted molar refractivity (Wildman–Crippen MR) is 72.6 cm³/mol. The minimum Gasteiger partial charge on any atom is -0.476 e. The van der Waals surface area contributed by atoms with Crippen LogP contribution in [-0.4, -0.2) is 53.7 Å². The first-order chi connectivity index (χ1) is 8.56. The fourth-order valence-corrected chi connectivity index (χ4v) is 3.00. The van der Waals surface area contributed by atoms with Crippen LogP contribution in [0.4, 0.5) is 5.13 Å². The number of carboxylic acid groups (broad SMARTS) is 1. The zero-order chi connectivity index (χ0) is 13.1. The Morgan fingerprint density at radius 1 is 1.44 bits per heavy atom. The van der Waals surface area contributed by atoms with Crippen LogP contribution >= 0.6 is 11.3 Å². The lowest BCUT2D eigenvalue weighted by Gasteiger charge is -2.35. The summed E-state index contributed by atoms with van der Waals surface area (Å²) < 4.78 is 0. The van der Waals surface area contributed by atoms with E-state index in [0.29, 0.717) is 5.92 Å². The van der Waals surface area contributed by atoms with E-state index in [9.17, 15) is 4.79 Å². The summed E-state index contributed by atoms with van der Waals surface area (Å²) in [5.74, 6) is -0.258. The van der Waals surface area contributed by atoms with Gasteiger partial charge in [0.2, 0.25) is 0 Å². The van der Waals surface area contributed by atoms with Gasteiger partial charge in [-0.3, -0.25) is 4.90 Å². The van der Waals surface area contributed by atoms with Gasteiger partial charge < -0.3 is 10.0 Å². The molecule has 1 aromatic heterocycles. The SMILES string of the molecule is CC(C)CN1CCN(c2nc(C(=O)O)cs2)CC1. The van der Waals surface area contributed by atoms with Crippen molar-refractivity contribution in [1.29, 1.82) is 0 Å². The van der Waals surface area contributed by atoms with Crippen molar-refractivity contribution < 1.29 is 9.90 Å². The highest BCUT2D eigenvalue weighted by Gasteiger charge is 2.20. The number of anilines is 1. The van der Waals surface area contributed by atoms with Crippen LogP contribution in [-0.2, 0) is 0 Å². The third-order valence-corrected chi connectivity index (χ3v) is 3.88. The van der Waals surface area contributed by atoms with Crippen LogP contribution in [0, 0.1) is 5.92 Å². The second-order valence-electron chi connectivity index (χ2n) is 5.00. The maximum Gasteiger partial charge on any atom is 0.355 e. The Labute approximate surface area is 111 Å². The van der Waals surface area contributed by atoms with Gasteiger partial charge >= 0.3 is 5.97 Å². The predicted octanol–water partition coefficient (Wildman–Crippen LogP) is 1.62. The maximum atomic E-state index is 10.8.